The number of rotatable bonds is 5. The second-order valence-electron chi connectivity index (χ2n) is 6.36. The number of ether oxygens (including phenoxy) is 2. The molecule has 0 fully saturated rings. The third-order valence-corrected chi connectivity index (χ3v) is 4.82. The summed E-state index contributed by atoms with van der Waals surface area (Å²) in [6, 6.07) is 14.6. The third kappa shape index (κ3) is 4.23. The van der Waals surface area contributed by atoms with E-state index < -0.39 is 0 Å². The van der Waals surface area contributed by atoms with E-state index in [1.54, 1.807) is 0 Å². The van der Waals surface area contributed by atoms with Gasteiger partial charge in [-0.15, -0.1) is 0 Å². The Morgan fingerprint density at radius 2 is 1.72 bits per heavy atom. The minimum Gasteiger partial charge on any atom is -0.454 e. The minimum atomic E-state index is 0.125. The first-order valence-corrected chi connectivity index (χ1v) is 9.04. The van der Waals surface area contributed by atoms with Crippen molar-refractivity contribution >= 4 is 23.0 Å². The maximum absolute atomic E-state index is 5.43. The number of hydrogen-bond acceptors (Lipinski definition) is 3. The molecule has 2 N–H and O–H groups in total. The third-order valence-electron chi connectivity index (χ3n) is 4.60. The first-order chi connectivity index (χ1) is 12.1. The van der Waals surface area contributed by atoms with Crippen LogP contribution in [0.5, 0.6) is 11.5 Å². The zero-order chi connectivity index (χ0) is 17.8. The van der Waals surface area contributed by atoms with Crippen LogP contribution >= 0.6 is 12.2 Å². The van der Waals surface area contributed by atoms with Crippen LogP contribution in [0.1, 0.15) is 50.3 Å². The van der Waals surface area contributed by atoms with Gasteiger partial charge in [0.05, 0.1) is 6.04 Å². The summed E-state index contributed by atoms with van der Waals surface area (Å²) in [5, 5.41) is 7.10. The molecule has 4 nitrogen and oxygen atoms in total. The highest BCUT2D eigenvalue weighted by molar-refractivity contribution is 7.80. The van der Waals surface area contributed by atoms with Gasteiger partial charge in [-0.25, -0.2) is 0 Å². The molecular formula is C20H24N2O2S. The highest BCUT2D eigenvalue weighted by atomic mass is 32.1. The normalized spacial score (nSPS) is 14.7. The van der Waals surface area contributed by atoms with E-state index in [0.717, 1.165) is 23.6 Å². The van der Waals surface area contributed by atoms with Gasteiger partial charge in [-0.3, -0.25) is 0 Å². The summed E-state index contributed by atoms with van der Waals surface area (Å²) in [6.07, 6.45) is 1.15. The van der Waals surface area contributed by atoms with Crippen molar-refractivity contribution in [3.05, 3.63) is 53.6 Å². The molecular weight excluding hydrogens is 332 g/mol. The summed E-state index contributed by atoms with van der Waals surface area (Å²) in [5.41, 5.74) is 3.46. The second kappa shape index (κ2) is 7.74. The van der Waals surface area contributed by atoms with Crippen molar-refractivity contribution in [1.82, 2.24) is 5.32 Å². The standard InChI is InChI=1S/C20H24N2O2S/c1-4-13(2)15-5-7-16(8-6-15)14(3)21-20(25)22-17-9-10-18-19(11-17)24-12-23-18/h5-11,13-14H,4,12H2,1-3H3,(H2,21,22,25). The summed E-state index contributed by atoms with van der Waals surface area (Å²) in [7, 11) is 0. The van der Waals surface area contributed by atoms with E-state index in [-0.39, 0.29) is 12.8 Å². The van der Waals surface area contributed by atoms with Crippen LogP contribution in [-0.4, -0.2) is 11.9 Å². The quantitative estimate of drug-likeness (QED) is 0.740. The van der Waals surface area contributed by atoms with Crippen molar-refractivity contribution in [3.8, 4) is 11.5 Å². The van der Waals surface area contributed by atoms with Crippen molar-refractivity contribution < 1.29 is 9.47 Å². The van der Waals surface area contributed by atoms with Crippen LogP contribution in [0.25, 0.3) is 0 Å². The Morgan fingerprint density at radius 3 is 2.44 bits per heavy atom. The van der Waals surface area contributed by atoms with E-state index in [0.29, 0.717) is 11.0 Å². The summed E-state index contributed by atoms with van der Waals surface area (Å²) in [5.74, 6) is 2.09. The van der Waals surface area contributed by atoms with Gasteiger partial charge in [0.1, 0.15) is 0 Å². The predicted octanol–water partition coefficient (Wildman–Crippen LogP) is 4.98. The molecule has 2 aromatic carbocycles. The summed E-state index contributed by atoms with van der Waals surface area (Å²) < 4.78 is 10.7. The number of hydrogen-bond donors (Lipinski definition) is 2. The largest absolute Gasteiger partial charge is 0.454 e. The molecule has 1 aliphatic rings. The fraction of sp³-hybridized carbons (Fsp3) is 0.350. The molecule has 25 heavy (non-hydrogen) atoms. The number of nitrogens with one attached hydrogen (secondary N) is 2. The van der Waals surface area contributed by atoms with E-state index in [1.807, 2.05) is 18.2 Å². The van der Waals surface area contributed by atoms with Crippen molar-refractivity contribution in [1.29, 1.82) is 0 Å². The lowest BCUT2D eigenvalue weighted by Gasteiger charge is -2.18. The number of thiocarbonyl (C=S) groups is 1. The van der Waals surface area contributed by atoms with Gasteiger partial charge in [0.2, 0.25) is 6.79 Å². The Bertz CT molecular complexity index is 746. The molecule has 5 heteroatoms. The second-order valence-corrected chi connectivity index (χ2v) is 6.77. The fourth-order valence-corrected chi connectivity index (χ4v) is 3.06. The Balaban J connectivity index is 1.58. The van der Waals surface area contributed by atoms with Crippen LogP contribution in [0.15, 0.2) is 42.5 Å². The lowest BCUT2D eigenvalue weighted by Crippen LogP contribution is -2.30. The van der Waals surface area contributed by atoms with Gasteiger partial charge in [0.15, 0.2) is 16.6 Å². The molecule has 0 aromatic heterocycles. The maximum atomic E-state index is 5.43. The van der Waals surface area contributed by atoms with E-state index in [9.17, 15) is 0 Å². The topological polar surface area (TPSA) is 42.5 Å². The molecule has 0 saturated carbocycles. The lowest BCUT2D eigenvalue weighted by atomic mass is 9.96. The summed E-state index contributed by atoms with van der Waals surface area (Å²) >= 11 is 5.43. The monoisotopic (exact) mass is 356 g/mol. The first kappa shape index (κ1) is 17.5. The first-order valence-electron chi connectivity index (χ1n) is 8.64. The van der Waals surface area contributed by atoms with Crippen LogP contribution in [0, 0.1) is 0 Å². The Morgan fingerprint density at radius 1 is 1.04 bits per heavy atom. The fourth-order valence-electron chi connectivity index (χ4n) is 2.77. The van der Waals surface area contributed by atoms with Gasteiger partial charge in [-0.1, -0.05) is 38.1 Å². The highest BCUT2D eigenvalue weighted by Crippen LogP contribution is 2.34. The SMILES string of the molecule is CCC(C)c1ccc(C(C)NC(=S)Nc2ccc3c(c2)OCO3)cc1. The Labute approximate surface area is 154 Å². The molecule has 0 spiro atoms. The minimum absolute atomic E-state index is 0.125. The molecule has 2 atom stereocenters. The molecule has 2 unspecified atom stereocenters. The van der Waals surface area contributed by atoms with Gasteiger partial charge in [-0.05, 0) is 54.7 Å². The van der Waals surface area contributed by atoms with Gasteiger partial charge in [0, 0.05) is 11.8 Å². The smallest absolute Gasteiger partial charge is 0.231 e. The maximum Gasteiger partial charge on any atom is 0.231 e. The van der Waals surface area contributed by atoms with Gasteiger partial charge < -0.3 is 20.1 Å². The molecule has 2 aromatic rings. The summed E-state index contributed by atoms with van der Waals surface area (Å²) in [6.45, 7) is 6.83. The van der Waals surface area contributed by atoms with Gasteiger partial charge >= 0.3 is 0 Å². The van der Waals surface area contributed by atoms with Crippen LogP contribution in [0.4, 0.5) is 5.69 Å². The van der Waals surface area contributed by atoms with Crippen molar-refractivity contribution in [2.75, 3.05) is 12.1 Å². The molecule has 0 bridgehead atoms. The number of anilines is 1. The number of benzene rings is 2. The molecule has 132 valence electrons. The van der Waals surface area contributed by atoms with Crippen molar-refractivity contribution in [3.63, 3.8) is 0 Å². The molecule has 0 amide bonds. The lowest BCUT2D eigenvalue weighted by molar-refractivity contribution is 0.174. The average molecular weight is 356 g/mol. The van der Waals surface area contributed by atoms with Gasteiger partial charge in [-0.2, -0.15) is 0 Å². The average Bonchev–Trinajstić information content (AvgIpc) is 3.08. The Hall–Kier alpha value is -2.27. The van der Waals surface area contributed by atoms with Crippen LogP contribution < -0.4 is 20.1 Å². The number of fused-ring (bicyclic) bond motifs is 1. The highest BCUT2D eigenvalue weighted by Gasteiger charge is 2.14. The van der Waals surface area contributed by atoms with Crippen LogP contribution in [0.2, 0.25) is 0 Å². The molecule has 3 rings (SSSR count). The summed E-state index contributed by atoms with van der Waals surface area (Å²) in [4.78, 5) is 0. The Kier molecular flexibility index (Phi) is 5.43. The van der Waals surface area contributed by atoms with Gasteiger partial charge in [0.25, 0.3) is 0 Å². The molecule has 0 saturated heterocycles. The van der Waals surface area contributed by atoms with E-state index >= 15 is 0 Å². The van der Waals surface area contributed by atoms with Crippen LogP contribution in [0.3, 0.4) is 0 Å². The van der Waals surface area contributed by atoms with E-state index in [4.69, 9.17) is 21.7 Å². The zero-order valence-electron chi connectivity index (χ0n) is 14.8. The molecule has 1 heterocycles. The van der Waals surface area contributed by atoms with Crippen molar-refractivity contribution in [2.45, 2.75) is 39.2 Å². The zero-order valence-corrected chi connectivity index (χ0v) is 15.7. The molecule has 0 aliphatic carbocycles. The van der Waals surface area contributed by atoms with Crippen molar-refractivity contribution in [2.24, 2.45) is 0 Å². The predicted molar refractivity (Wildman–Crippen MR) is 105 cm³/mol. The van der Waals surface area contributed by atoms with E-state index in [1.165, 1.54) is 11.1 Å². The van der Waals surface area contributed by atoms with Crippen LogP contribution in [-0.2, 0) is 0 Å². The van der Waals surface area contributed by atoms with E-state index in [2.05, 4.69) is 55.7 Å². The molecule has 1 aliphatic heterocycles. The molecule has 0 radical (unpaired) electrons.